The van der Waals surface area contributed by atoms with Gasteiger partial charge in [-0.3, -0.25) is 9.80 Å². The highest BCUT2D eigenvalue weighted by molar-refractivity contribution is 5.66. The molecule has 0 atom stereocenters. The molecular formula is C25H32N4O2. The number of nitrogens with zero attached hydrogens (tertiary/aromatic N) is 4. The van der Waals surface area contributed by atoms with Gasteiger partial charge in [0.05, 0.1) is 13.7 Å². The lowest BCUT2D eigenvalue weighted by atomic mass is 10.1. The fourth-order valence-corrected chi connectivity index (χ4v) is 4.09. The van der Waals surface area contributed by atoms with E-state index >= 15 is 0 Å². The summed E-state index contributed by atoms with van der Waals surface area (Å²) in [7, 11) is 1.68. The van der Waals surface area contributed by atoms with Gasteiger partial charge in [-0.15, -0.1) is 0 Å². The van der Waals surface area contributed by atoms with E-state index in [1.807, 2.05) is 30.3 Å². The van der Waals surface area contributed by atoms with Crippen molar-refractivity contribution in [3.63, 3.8) is 0 Å². The smallest absolute Gasteiger partial charge is 0.151 e. The summed E-state index contributed by atoms with van der Waals surface area (Å²) in [5, 5.41) is 4.27. The first-order chi connectivity index (χ1) is 15.3. The molecular weight excluding hydrogens is 388 g/mol. The van der Waals surface area contributed by atoms with Crippen LogP contribution in [0.1, 0.15) is 12.7 Å². The van der Waals surface area contributed by atoms with Gasteiger partial charge in [0, 0.05) is 56.6 Å². The van der Waals surface area contributed by atoms with Gasteiger partial charge in [0.1, 0.15) is 11.4 Å². The zero-order valence-corrected chi connectivity index (χ0v) is 18.5. The summed E-state index contributed by atoms with van der Waals surface area (Å²) in [6, 6.07) is 20.6. The van der Waals surface area contributed by atoms with Gasteiger partial charge in [-0.25, -0.2) is 0 Å². The summed E-state index contributed by atoms with van der Waals surface area (Å²) < 4.78 is 11.1. The molecule has 2 aromatic carbocycles. The van der Waals surface area contributed by atoms with Crippen molar-refractivity contribution < 1.29 is 9.26 Å². The minimum absolute atomic E-state index is 0.766. The van der Waals surface area contributed by atoms with E-state index in [2.05, 4.69) is 57.1 Å². The van der Waals surface area contributed by atoms with Gasteiger partial charge in [0.15, 0.2) is 5.76 Å². The molecule has 0 spiro atoms. The Kier molecular flexibility index (Phi) is 7.22. The Hall–Kier alpha value is -2.83. The average molecular weight is 421 g/mol. The predicted octanol–water partition coefficient (Wildman–Crippen LogP) is 3.99. The van der Waals surface area contributed by atoms with Crippen molar-refractivity contribution in [2.75, 3.05) is 57.8 Å². The minimum Gasteiger partial charge on any atom is -0.496 e. The maximum atomic E-state index is 5.64. The van der Waals surface area contributed by atoms with Crippen LogP contribution in [0.4, 0.5) is 5.69 Å². The number of aromatic nitrogens is 1. The summed E-state index contributed by atoms with van der Waals surface area (Å²) in [4.78, 5) is 7.45. The summed E-state index contributed by atoms with van der Waals surface area (Å²) in [6.45, 7) is 10.4. The van der Waals surface area contributed by atoms with Crippen LogP contribution in [0.3, 0.4) is 0 Å². The van der Waals surface area contributed by atoms with Crippen molar-refractivity contribution in [2.45, 2.75) is 13.5 Å². The monoisotopic (exact) mass is 420 g/mol. The highest BCUT2D eigenvalue weighted by Gasteiger charge is 2.18. The van der Waals surface area contributed by atoms with E-state index in [4.69, 9.17) is 9.26 Å². The summed E-state index contributed by atoms with van der Waals surface area (Å²) in [5.41, 5.74) is 3.10. The van der Waals surface area contributed by atoms with Crippen LogP contribution in [0.2, 0.25) is 0 Å². The second kappa shape index (κ2) is 10.5. The Morgan fingerprint density at radius 2 is 1.74 bits per heavy atom. The number of anilines is 1. The van der Waals surface area contributed by atoms with E-state index < -0.39 is 0 Å². The van der Waals surface area contributed by atoms with Gasteiger partial charge in [-0.1, -0.05) is 42.4 Å². The van der Waals surface area contributed by atoms with Gasteiger partial charge < -0.3 is 14.2 Å². The van der Waals surface area contributed by atoms with E-state index in [1.54, 1.807) is 7.11 Å². The third-order valence-corrected chi connectivity index (χ3v) is 5.99. The summed E-state index contributed by atoms with van der Waals surface area (Å²) in [6.07, 6.45) is 0. The molecule has 0 radical (unpaired) electrons. The van der Waals surface area contributed by atoms with Crippen LogP contribution in [0, 0.1) is 0 Å². The first-order valence-electron chi connectivity index (χ1n) is 11.1. The van der Waals surface area contributed by atoms with Crippen LogP contribution < -0.4 is 9.64 Å². The zero-order valence-electron chi connectivity index (χ0n) is 18.5. The summed E-state index contributed by atoms with van der Waals surface area (Å²) in [5.74, 6) is 1.70. The van der Waals surface area contributed by atoms with E-state index in [0.717, 1.165) is 75.1 Å². The maximum Gasteiger partial charge on any atom is 0.151 e. The van der Waals surface area contributed by atoms with E-state index in [0.29, 0.717) is 0 Å². The molecule has 2 heterocycles. The van der Waals surface area contributed by atoms with Crippen molar-refractivity contribution in [1.82, 2.24) is 15.0 Å². The van der Waals surface area contributed by atoms with E-state index in [9.17, 15) is 0 Å². The molecule has 1 aliphatic heterocycles. The van der Waals surface area contributed by atoms with Crippen LogP contribution in [-0.2, 0) is 6.54 Å². The Labute approximate surface area is 185 Å². The lowest BCUT2D eigenvalue weighted by Gasteiger charge is -2.36. The number of hydrogen-bond acceptors (Lipinski definition) is 6. The topological polar surface area (TPSA) is 45.0 Å². The second-order valence-corrected chi connectivity index (χ2v) is 7.91. The van der Waals surface area contributed by atoms with Crippen molar-refractivity contribution >= 4 is 5.69 Å². The quantitative estimate of drug-likeness (QED) is 0.522. The van der Waals surface area contributed by atoms with Gasteiger partial charge in [-0.05, 0) is 30.8 Å². The SMILES string of the molecule is CCN(CCN1CCN(c2ccccc2)CC1)Cc1cc(-c2ccccc2OC)no1. The number of benzene rings is 2. The van der Waals surface area contributed by atoms with E-state index in [-0.39, 0.29) is 0 Å². The molecule has 6 nitrogen and oxygen atoms in total. The fraction of sp³-hybridized carbons (Fsp3) is 0.400. The molecule has 6 heteroatoms. The Morgan fingerprint density at radius 3 is 2.48 bits per heavy atom. The molecule has 0 saturated carbocycles. The number of piperazine rings is 1. The largest absolute Gasteiger partial charge is 0.496 e. The lowest BCUT2D eigenvalue weighted by molar-refractivity contribution is 0.185. The molecule has 164 valence electrons. The number of hydrogen-bond donors (Lipinski definition) is 0. The first kappa shape index (κ1) is 21.4. The van der Waals surface area contributed by atoms with Gasteiger partial charge in [-0.2, -0.15) is 0 Å². The molecule has 1 saturated heterocycles. The predicted molar refractivity (Wildman–Crippen MR) is 125 cm³/mol. The maximum absolute atomic E-state index is 5.64. The third-order valence-electron chi connectivity index (χ3n) is 5.99. The highest BCUT2D eigenvalue weighted by Crippen LogP contribution is 2.29. The molecule has 0 amide bonds. The number of methoxy groups -OCH3 is 1. The third kappa shape index (κ3) is 5.46. The zero-order chi connectivity index (χ0) is 21.5. The average Bonchev–Trinajstić information content (AvgIpc) is 3.31. The Balaban J connectivity index is 1.27. The van der Waals surface area contributed by atoms with Crippen LogP contribution in [0.5, 0.6) is 5.75 Å². The fourth-order valence-electron chi connectivity index (χ4n) is 4.09. The lowest BCUT2D eigenvalue weighted by Crippen LogP contribution is -2.48. The number of para-hydroxylation sites is 2. The van der Waals surface area contributed by atoms with Crippen molar-refractivity contribution in [3.05, 3.63) is 66.4 Å². The highest BCUT2D eigenvalue weighted by atomic mass is 16.5. The Bertz CT molecular complexity index is 935. The van der Waals surface area contributed by atoms with Gasteiger partial charge >= 0.3 is 0 Å². The van der Waals surface area contributed by atoms with Crippen LogP contribution in [-0.4, -0.2) is 67.9 Å². The number of ether oxygens (including phenoxy) is 1. The van der Waals surface area contributed by atoms with Gasteiger partial charge in [0.25, 0.3) is 0 Å². The van der Waals surface area contributed by atoms with Crippen molar-refractivity contribution in [2.24, 2.45) is 0 Å². The second-order valence-electron chi connectivity index (χ2n) is 7.91. The molecule has 1 aromatic heterocycles. The van der Waals surface area contributed by atoms with Crippen LogP contribution in [0.15, 0.2) is 65.2 Å². The van der Waals surface area contributed by atoms with Crippen molar-refractivity contribution in [3.8, 4) is 17.0 Å². The molecule has 1 fully saturated rings. The molecule has 0 unspecified atom stereocenters. The molecule has 1 aliphatic rings. The minimum atomic E-state index is 0.766. The number of rotatable bonds is 9. The molecule has 0 bridgehead atoms. The van der Waals surface area contributed by atoms with E-state index in [1.165, 1.54) is 5.69 Å². The summed E-state index contributed by atoms with van der Waals surface area (Å²) >= 11 is 0. The standard InChI is InChI=1S/C25H32N4O2/c1-3-27(13-14-28-15-17-29(18-16-28)21-9-5-4-6-10-21)20-22-19-24(26-31-22)23-11-7-8-12-25(23)30-2/h4-12,19H,3,13-18,20H2,1-2H3. The first-order valence-corrected chi connectivity index (χ1v) is 11.1. The molecule has 3 aromatic rings. The number of likely N-dealkylation sites (N-methyl/N-ethyl adjacent to an activating group) is 1. The molecule has 0 N–H and O–H groups in total. The van der Waals surface area contributed by atoms with Gasteiger partial charge in [0.2, 0.25) is 0 Å². The molecule has 31 heavy (non-hydrogen) atoms. The molecule has 0 aliphatic carbocycles. The normalized spacial score (nSPS) is 14.9. The van der Waals surface area contributed by atoms with Crippen molar-refractivity contribution in [1.29, 1.82) is 0 Å². The van der Waals surface area contributed by atoms with Crippen LogP contribution in [0.25, 0.3) is 11.3 Å². The van der Waals surface area contributed by atoms with Crippen LogP contribution >= 0.6 is 0 Å². The Morgan fingerprint density at radius 1 is 1.00 bits per heavy atom. The molecule has 4 rings (SSSR count).